The van der Waals surface area contributed by atoms with Crippen LogP contribution in [0, 0.1) is 5.92 Å². The molecule has 1 fully saturated rings. The zero-order valence-corrected chi connectivity index (χ0v) is 12.5. The molecule has 1 heterocycles. The van der Waals surface area contributed by atoms with Gasteiger partial charge in [0.25, 0.3) is 0 Å². The molecule has 0 bridgehead atoms. The second-order valence-corrected chi connectivity index (χ2v) is 5.76. The summed E-state index contributed by atoms with van der Waals surface area (Å²) in [5.41, 5.74) is 0.831. The highest BCUT2D eigenvalue weighted by Crippen LogP contribution is 2.20. The summed E-state index contributed by atoms with van der Waals surface area (Å²) < 4.78 is 5.58. The van der Waals surface area contributed by atoms with Gasteiger partial charge in [0.15, 0.2) is 0 Å². The van der Waals surface area contributed by atoms with E-state index in [4.69, 9.17) is 4.74 Å². The highest BCUT2D eigenvalue weighted by atomic mass is 16.5. The Balaban J connectivity index is 1.90. The van der Waals surface area contributed by atoms with E-state index in [0.717, 1.165) is 30.8 Å². The van der Waals surface area contributed by atoms with Crippen LogP contribution in [0.15, 0.2) is 24.3 Å². The van der Waals surface area contributed by atoms with Gasteiger partial charge < -0.3 is 15.4 Å². The Labute approximate surface area is 120 Å². The zero-order valence-electron chi connectivity index (χ0n) is 12.5. The highest BCUT2D eigenvalue weighted by molar-refractivity contribution is 5.92. The van der Waals surface area contributed by atoms with E-state index < -0.39 is 0 Å². The first-order valence-corrected chi connectivity index (χ1v) is 7.35. The maximum absolute atomic E-state index is 12.2. The van der Waals surface area contributed by atoms with Gasteiger partial charge >= 0.3 is 0 Å². The number of rotatable bonds is 4. The smallest absolute Gasteiger partial charge is 0.227 e. The Hall–Kier alpha value is -1.55. The van der Waals surface area contributed by atoms with Gasteiger partial charge in [-0.25, -0.2) is 0 Å². The molecular weight excluding hydrogens is 252 g/mol. The molecular formula is C16H24N2O2. The Kier molecular flexibility index (Phi) is 5.01. The largest absolute Gasteiger partial charge is 0.491 e. The van der Waals surface area contributed by atoms with Gasteiger partial charge in [0.1, 0.15) is 5.75 Å². The summed E-state index contributed by atoms with van der Waals surface area (Å²) in [5.74, 6) is 1.06. The number of amides is 1. The minimum absolute atomic E-state index is 0.109. The van der Waals surface area contributed by atoms with Gasteiger partial charge in [-0.3, -0.25) is 4.79 Å². The normalized spacial score (nSPS) is 22.6. The fourth-order valence-corrected chi connectivity index (χ4v) is 2.50. The van der Waals surface area contributed by atoms with E-state index in [1.165, 1.54) is 0 Å². The SMILES string of the molecule is CC(C)Oc1ccc(NC(=O)[C@H]2CCN[C@@H](C)C2)cc1. The molecule has 2 atom stereocenters. The number of piperidine rings is 1. The molecule has 1 aromatic rings. The van der Waals surface area contributed by atoms with E-state index in [2.05, 4.69) is 17.6 Å². The second-order valence-electron chi connectivity index (χ2n) is 5.76. The predicted octanol–water partition coefficient (Wildman–Crippen LogP) is 2.80. The maximum atomic E-state index is 12.2. The number of hydrogen-bond donors (Lipinski definition) is 2. The van der Waals surface area contributed by atoms with Gasteiger partial charge in [0.05, 0.1) is 6.10 Å². The van der Waals surface area contributed by atoms with Gasteiger partial charge in [0.2, 0.25) is 5.91 Å². The molecule has 1 aromatic carbocycles. The van der Waals surface area contributed by atoms with Gasteiger partial charge in [-0.2, -0.15) is 0 Å². The molecule has 0 spiro atoms. The van der Waals surface area contributed by atoms with Crippen molar-refractivity contribution in [2.75, 3.05) is 11.9 Å². The topological polar surface area (TPSA) is 50.4 Å². The van der Waals surface area contributed by atoms with Gasteiger partial charge in [-0.05, 0) is 64.4 Å². The number of carbonyl (C=O) groups is 1. The Morgan fingerprint density at radius 3 is 2.65 bits per heavy atom. The number of nitrogens with one attached hydrogen (secondary N) is 2. The first-order chi connectivity index (χ1) is 9.54. The molecule has 20 heavy (non-hydrogen) atoms. The van der Waals surface area contributed by atoms with E-state index in [1.807, 2.05) is 38.1 Å². The molecule has 0 radical (unpaired) electrons. The summed E-state index contributed by atoms with van der Waals surface area (Å²) >= 11 is 0. The molecule has 1 aliphatic heterocycles. The van der Waals surface area contributed by atoms with Crippen LogP contribution in [0.25, 0.3) is 0 Å². The summed E-state index contributed by atoms with van der Waals surface area (Å²) in [6.07, 6.45) is 1.97. The third-order valence-corrected chi connectivity index (χ3v) is 3.49. The third-order valence-electron chi connectivity index (χ3n) is 3.49. The summed E-state index contributed by atoms with van der Waals surface area (Å²) in [4.78, 5) is 12.2. The fraction of sp³-hybridized carbons (Fsp3) is 0.562. The molecule has 2 N–H and O–H groups in total. The Bertz CT molecular complexity index is 442. The monoisotopic (exact) mass is 276 g/mol. The minimum Gasteiger partial charge on any atom is -0.491 e. The number of benzene rings is 1. The minimum atomic E-state index is 0.109. The lowest BCUT2D eigenvalue weighted by Gasteiger charge is -2.27. The lowest BCUT2D eigenvalue weighted by molar-refractivity contribution is -0.120. The summed E-state index contributed by atoms with van der Waals surface area (Å²) in [7, 11) is 0. The molecule has 4 heteroatoms. The fourth-order valence-electron chi connectivity index (χ4n) is 2.50. The third kappa shape index (κ3) is 4.23. The molecule has 0 saturated carbocycles. The Morgan fingerprint density at radius 2 is 2.05 bits per heavy atom. The standard InChI is InChI=1S/C16H24N2O2/c1-11(2)20-15-6-4-14(5-7-15)18-16(19)13-8-9-17-12(3)10-13/h4-7,11-13,17H,8-10H2,1-3H3,(H,18,19)/t12-,13-/m0/s1. The van der Waals surface area contributed by atoms with Crippen LogP contribution in [0.2, 0.25) is 0 Å². The average Bonchev–Trinajstić information content (AvgIpc) is 2.40. The van der Waals surface area contributed by atoms with E-state index in [-0.39, 0.29) is 17.9 Å². The molecule has 2 rings (SSSR count). The van der Waals surface area contributed by atoms with E-state index in [9.17, 15) is 4.79 Å². The molecule has 1 amide bonds. The first kappa shape index (κ1) is 14.9. The molecule has 4 nitrogen and oxygen atoms in total. The maximum Gasteiger partial charge on any atom is 0.227 e. The van der Waals surface area contributed by atoms with Crippen molar-refractivity contribution in [1.29, 1.82) is 0 Å². The summed E-state index contributed by atoms with van der Waals surface area (Å²) in [6, 6.07) is 7.97. The lowest BCUT2D eigenvalue weighted by atomic mass is 9.92. The molecule has 0 unspecified atom stereocenters. The predicted molar refractivity (Wildman–Crippen MR) is 81.0 cm³/mol. The van der Waals surface area contributed by atoms with Crippen LogP contribution in [0.3, 0.4) is 0 Å². The van der Waals surface area contributed by atoms with E-state index in [1.54, 1.807) is 0 Å². The zero-order chi connectivity index (χ0) is 14.5. The van der Waals surface area contributed by atoms with Crippen molar-refractivity contribution in [3.8, 4) is 5.75 Å². The van der Waals surface area contributed by atoms with Crippen molar-refractivity contribution in [3.05, 3.63) is 24.3 Å². The van der Waals surface area contributed by atoms with Crippen molar-refractivity contribution >= 4 is 11.6 Å². The van der Waals surface area contributed by atoms with Crippen LogP contribution in [-0.4, -0.2) is 24.6 Å². The second kappa shape index (κ2) is 6.75. The molecule has 0 aromatic heterocycles. The van der Waals surface area contributed by atoms with Crippen LogP contribution in [0.1, 0.15) is 33.6 Å². The van der Waals surface area contributed by atoms with Gasteiger partial charge in [0, 0.05) is 17.6 Å². The molecule has 110 valence electrons. The molecule has 1 saturated heterocycles. The Morgan fingerprint density at radius 1 is 1.35 bits per heavy atom. The van der Waals surface area contributed by atoms with Crippen molar-refractivity contribution in [1.82, 2.24) is 5.32 Å². The summed E-state index contributed by atoms with van der Waals surface area (Å²) in [6.45, 7) is 7.03. The lowest BCUT2D eigenvalue weighted by Crippen LogP contribution is -2.40. The van der Waals surface area contributed by atoms with E-state index in [0.29, 0.717) is 6.04 Å². The van der Waals surface area contributed by atoms with Crippen LogP contribution in [0.5, 0.6) is 5.75 Å². The van der Waals surface area contributed by atoms with Crippen molar-refractivity contribution in [2.45, 2.75) is 45.8 Å². The quantitative estimate of drug-likeness (QED) is 0.889. The van der Waals surface area contributed by atoms with Crippen LogP contribution in [0.4, 0.5) is 5.69 Å². The van der Waals surface area contributed by atoms with Crippen molar-refractivity contribution in [2.24, 2.45) is 5.92 Å². The highest BCUT2D eigenvalue weighted by Gasteiger charge is 2.24. The van der Waals surface area contributed by atoms with E-state index >= 15 is 0 Å². The van der Waals surface area contributed by atoms with Gasteiger partial charge in [-0.15, -0.1) is 0 Å². The molecule has 0 aliphatic carbocycles. The van der Waals surface area contributed by atoms with Crippen LogP contribution >= 0.6 is 0 Å². The number of hydrogen-bond acceptors (Lipinski definition) is 3. The van der Waals surface area contributed by atoms with Crippen LogP contribution in [-0.2, 0) is 4.79 Å². The number of carbonyl (C=O) groups excluding carboxylic acids is 1. The summed E-state index contributed by atoms with van der Waals surface area (Å²) in [5, 5.41) is 6.35. The van der Waals surface area contributed by atoms with Crippen LogP contribution < -0.4 is 15.4 Å². The number of anilines is 1. The average molecular weight is 276 g/mol. The number of ether oxygens (including phenoxy) is 1. The first-order valence-electron chi connectivity index (χ1n) is 7.35. The van der Waals surface area contributed by atoms with Crippen molar-refractivity contribution in [3.63, 3.8) is 0 Å². The molecule has 1 aliphatic rings. The van der Waals surface area contributed by atoms with Crippen molar-refractivity contribution < 1.29 is 9.53 Å². The van der Waals surface area contributed by atoms with Gasteiger partial charge in [-0.1, -0.05) is 0 Å².